The number of nitrogens with zero attached hydrogens (tertiary/aromatic N) is 3. The minimum absolute atomic E-state index is 0.0785. The first-order chi connectivity index (χ1) is 12.5. The van der Waals surface area contributed by atoms with Crippen molar-refractivity contribution >= 4 is 21.6 Å². The standard InChI is InChI=1S/C17H19FN4O3S/c18-15-5-1-2-6-16(15)20-17(23)13-21-8-10-22(11-9-21)26(24,25)14-4-3-7-19-12-14/h1-7,12H,8-11,13H2,(H,20,23). The Bertz CT molecular complexity index is 869. The topological polar surface area (TPSA) is 82.6 Å². The Balaban J connectivity index is 1.54. The molecule has 1 saturated heterocycles. The second kappa shape index (κ2) is 7.90. The van der Waals surface area contributed by atoms with Gasteiger partial charge >= 0.3 is 0 Å². The van der Waals surface area contributed by atoms with Crippen LogP contribution in [0.5, 0.6) is 0 Å². The number of hydrogen-bond donors (Lipinski definition) is 1. The number of aromatic nitrogens is 1. The molecule has 0 saturated carbocycles. The molecule has 1 aromatic carbocycles. The normalized spacial score (nSPS) is 16.3. The highest BCUT2D eigenvalue weighted by molar-refractivity contribution is 7.89. The molecule has 0 bridgehead atoms. The second-order valence-electron chi connectivity index (χ2n) is 5.90. The lowest BCUT2D eigenvalue weighted by Crippen LogP contribution is -2.50. The molecule has 2 heterocycles. The number of benzene rings is 1. The van der Waals surface area contributed by atoms with Crippen LogP contribution >= 0.6 is 0 Å². The van der Waals surface area contributed by atoms with Crippen molar-refractivity contribution in [3.05, 3.63) is 54.6 Å². The number of para-hydroxylation sites is 1. The Morgan fingerprint density at radius 3 is 2.50 bits per heavy atom. The van der Waals surface area contributed by atoms with E-state index in [-0.39, 0.29) is 36.1 Å². The minimum Gasteiger partial charge on any atom is -0.322 e. The van der Waals surface area contributed by atoms with Gasteiger partial charge in [0, 0.05) is 38.6 Å². The number of nitrogens with one attached hydrogen (secondary N) is 1. The molecule has 1 aromatic heterocycles. The van der Waals surface area contributed by atoms with Crippen LogP contribution in [0.2, 0.25) is 0 Å². The molecule has 1 amide bonds. The molecule has 3 rings (SSSR count). The van der Waals surface area contributed by atoms with Gasteiger partial charge in [0.1, 0.15) is 10.7 Å². The summed E-state index contributed by atoms with van der Waals surface area (Å²) in [5.74, 6) is -0.827. The molecular formula is C17H19FN4O3S. The Labute approximate surface area is 151 Å². The molecule has 26 heavy (non-hydrogen) atoms. The van der Waals surface area contributed by atoms with Crippen molar-refractivity contribution < 1.29 is 17.6 Å². The average molecular weight is 378 g/mol. The SMILES string of the molecule is O=C(CN1CCN(S(=O)(=O)c2cccnc2)CC1)Nc1ccccc1F. The molecule has 9 heteroatoms. The number of halogens is 1. The number of piperazine rings is 1. The van der Waals surface area contributed by atoms with Gasteiger partial charge in [-0.05, 0) is 24.3 Å². The van der Waals surface area contributed by atoms with E-state index in [1.807, 2.05) is 4.90 Å². The van der Waals surface area contributed by atoms with Crippen LogP contribution in [0.1, 0.15) is 0 Å². The fourth-order valence-electron chi connectivity index (χ4n) is 2.73. The van der Waals surface area contributed by atoms with E-state index in [0.29, 0.717) is 13.1 Å². The fourth-order valence-corrected chi connectivity index (χ4v) is 4.12. The molecule has 0 unspecified atom stereocenters. The van der Waals surface area contributed by atoms with Gasteiger partial charge in [0.15, 0.2) is 0 Å². The Morgan fingerprint density at radius 1 is 1.12 bits per heavy atom. The summed E-state index contributed by atoms with van der Waals surface area (Å²) in [6.07, 6.45) is 2.84. The molecule has 1 fully saturated rings. The molecule has 1 aliphatic rings. The molecule has 0 spiro atoms. The average Bonchev–Trinajstić information content (AvgIpc) is 2.65. The zero-order valence-corrected chi connectivity index (χ0v) is 14.8. The first-order valence-electron chi connectivity index (χ1n) is 8.14. The molecule has 1 aliphatic heterocycles. The fraction of sp³-hybridized carbons (Fsp3) is 0.294. The molecular weight excluding hydrogens is 359 g/mol. The maximum atomic E-state index is 13.6. The number of amides is 1. The van der Waals surface area contributed by atoms with Crippen LogP contribution in [0.25, 0.3) is 0 Å². The molecule has 0 aliphatic carbocycles. The van der Waals surface area contributed by atoms with Crippen LogP contribution < -0.4 is 5.32 Å². The second-order valence-corrected chi connectivity index (χ2v) is 7.83. The predicted octanol–water partition coefficient (Wildman–Crippen LogP) is 1.17. The zero-order valence-electron chi connectivity index (χ0n) is 14.0. The van der Waals surface area contributed by atoms with Crippen molar-refractivity contribution in [2.45, 2.75) is 4.90 Å². The number of sulfonamides is 1. The van der Waals surface area contributed by atoms with E-state index in [2.05, 4.69) is 10.3 Å². The highest BCUT2D eigenvalue weighted by atomic mass is 32.2. The lowest BCUT2D eigenvalue weighted by atomic mass is 10.3. The van der Waals surface area contributed by atoms with Crippen LogP contribution in [0.4, 0.5) is 10.1 Å². The van der Waals surface area contributed by atoms with Gasteiger partial charge in [0.2, 0.25) is 15.9 Å². The molecule has 1 N–H and O–H groups in total. The van der Waals surface area contributed by atoms with E-state index in [4.69, 9.17) is 0 Å². The summed E-state index contributed by atoms with van der Waals surface area (Å²) >= 11 is 0. The number of carbonyl (C=O) groups excluding carboxylic acids is 1. The summed E-state index contributed by atoms with van der Waals surface area (Å²) in [4.78, 5) is 17.9. The largest absolute Gasteiger partial charge is 0.322 e. The summed E-state index contributed by atoms with van der Waals surface area (Å²) in [5.41, 5.74) is 0.135. The minimum atomic E-state index is -3.57. The number of carbonyl (C=O) groups is 1. The third-order valence-electron chi connectivity index (χ3n) is 4.12. The van der Waals surface area contributed by atoms with E-state index >= 15 is 0 Å². The number of anilines is 1. The molecule has 2 aromatic rings. The van der Waals surface area contributed by atoms with Crippen molar-refractivity contribution in [1.29, 1.82) is 0 Å². The Hall–Kier alpha value is -2.36. The van der Waals surface area contributed by atoms with Gasteiger partial charge < -0.3 is 5.32 Å². The van der Waals surface area contributed by atoms with E-state index in [0.717, 1.165) is 0 Å². The Kier molecular flexibility index (Phi) is 5.60. The van der Waals surface area contributed by atoms with Gasteiger partial charge in [0.05, 0.1) is 12.2 Å². The summed E-state index contributed by atoms with van der Waals surface area (Å²) in [7, 11) is -3.57. The number of hydrogen-bond acceptors (Lipinski definition) is 5. The van der Waals surface area contributed by atoms with E-state index in [1.54, 1.807) is 18.2 Å². The van der Waals surface area contributed by atoms with E-state index < -0.39 is 15.8 Å². The van der Waals surface area contributed by atoms with Crippen LogP contribution in [0.15, 0.2) is 53.7 Å². The van der Waals surface area contributed by atoms with Gasteiger partial charge in [-0.1, -0.05) is 12.1 Å². The highest BCUT2D eigenvalue weighted by Crippen LogP contribution is 2.17. The quantitative estimate of drug-likeness (QED) is 0.844. The smallest absolute Gasteiger partial charge is 0.244 e. The number of pyridine rings is 1. The molecule has 7 nitrogen and oxygen atoms in total. The van der Waals surface area contributed by atoms with Gasteiger partial charge in [-0.25, -0.2) is 12.8 Å². The van der Waals surface area contributed by atoms with Crippen LogP contribution in [0.3, 0.4) is 0 Å². The van der Waals surface area contributed by atoms with Crippen molar-refractivity contribution in [1.82, 2.24) is 14.2 Å². The predicted molar refractivity (Wildman–Crippen MR) is 94.5 cm³/mol. The van der Waals surface area contributed by atoms with Gasteiger partial charge in [0.25, 0.3) is 0 Å². The third kappa shape index (κ3) is 4.24. The van der Waals surface area contributed by atoms with Gasteiger partial charge in [-0.3, -0.25) is 14.7 Å². The van der Waals surface area contributed by atoms with Gasteiger partial charge in [-0.2, -0.15) is 4.31 Å². The molecule has 0 atom stereocenters. The summed E-state index contributed by atoms with van der Waals surface area (Å²) < 4.78 is 40.0. The maximum Gasteiger partial charge on any atom is 0.244 e. The summed E-state index contributed by atoms with van der Waals surface area (Å²) in [6.45, 7) is 1.48. The molecule has 138 valence electrons. The van der Waals surface area contributed by atoms with Crippen LogP contribution in [-0.4, -0.2) is 61.2 Å². The third-order valence-corrected chi connectivity index (χ3v) is 6.00. The van der Waals surface area contributed by atoms with Crippen molar-refractivity contribution in [3.63, 3.8) is 0 Å². The van der Waals surface area contributed by atoms with Crippen molar-refractivity contribution in [3.8, 4) is 0 Å². The molecule has 0 radical (unpaired) electrons. The summed E-state index contributed by atoms with van der Waals surface area (Å²) in [5, 5.41) is 2.53. The first-order valence-corrected chi connectivity index (χ1v) is 9.58. The van der Waals surface area contributed by atoms with Crippen LogP contribution in [-0.2, 0) is 14.8 Å². The monoisotopic (exact) mass is 378 g/mol. The van der Waals surface area contributed by atoms with E-state index in [1.165, 1.54) is 34.9 Å². The lowest BCUT2D eigenvalue weighted by molar-refractivity contribution is -0.117. The van der Waals surface area contributed by atoms with Crippen molar-refractivity contribution in [2.24, 2.45) is 0 Å². The Morgan fingerprint density at radius 2 is 1.85 bits per heavy atom. The van der Waals surface area contributed by atoms with Crippen LogP contribution in [0, 0.1) is 5.82 Å². The maximum absolute atomic E-state index is 13.6. The van der Waals surface area contributed by atoms with Crippen molar-refractivity contribution in [2.75, 3.05) is 38.0 Å². The zero-order chi connectivity index (χ0) is 18.6. The highest BCUT2D eigenvalue weighted by Gasteiger charge is 2.29. The lowest BCUT2D eigenvalue weighted by Gasteiger charge is -2.33. The first kappa shape index (κ1) is 18.4. The van der Waals surface area contributed by atoms with E-state index in [9.17, 15) is 17.6 Å². The number of rotatable bonds is 5. The summed E-state index contributed by atoms with van der Waals surface area (Å²) in [6, 6.07) is 9.05. The van der Waals surface area contributed by atoms with Gasteiger partial charge in [-0.15, -0.1) is 0 Å².